The van der Waals surface area contributed by atoms with Gasteiger partial charge in [0.05, 0.1) is 5.75 Å². The van der Waals surface area contributed by atoms with Gasteiger partial charge < -0.3 is 9.67 Å². The lowest BCUT2D eigenvalue weighted by Crippen LogP contribution is -2.10. The van der Waals surface area contributed by atoms with Gasteiger partial charge in [-0.15, -0.1) is 10.2 Å². The lowest BCUT2D eigenvalue weighted by Gasteiger charge is -2.16. The van der Waals surface area contributed by atoms with E-state index >= 15 is 0 Å². The minimum Gasteiger partial charge on any atom is -0.481 e. The van der Waals surface area contributed by atoms with Gasteiger partial charge in [-0.3, -0.25) is 4.79 Å². The molecular weight excluding hydrogens is 238 g/mol. The number of aliphatic carboxylic acids is 1. The van der Waals surface area contributed by atoms with Crippen LogP contribution < -0.4 is 0 Å². The normalized spacial score (nSPS) is 17.1. The van der Waals surface area contributed by atoms with Crippen molar-refractivity contribution >= 4 is 17.7 Å². The molecule has 1 atom stereocenters. The van der Waals surface area contributed by atoms with E-state index < -0.39 is 5.97 Å². The third-order valence-corrected chi connectivity index (χ3v) is 3.90. The second kappa shape index (κ2) is 5.08. The van der Waals surface area contributed by atoms with Crippen molar-refractivity contribution in [2.75, 3.05) is 5.75 Å². The quantitative estimate of drug-likeness (QED) is 0.789. The highest BCUT2D eigenvalue weighted by Crippen LogP contribution is 2.37. The largest absolute Gasteiger partial charge is 0.481 e. The zero-order valence-electron chi connectivity index (χ0n) is 10.1. The lowest BCUT2D eigenvalue weighted by atomic mass is 10.1. The van der Waals surface area contributed by atoms with Crippen LogP contribution in [-0.4, -0.2) is 31.6 Å². The molecule has 1 aliphatic carbocycles. The van der Waals surface area contributed by atoms with Gasteiger partial charge >= 0.3 is 5.97 Å². The highest BCUT2D eigenvalue weighted by molar-refractivity contribution is 7.99. The molecule has 0 aromatic carbocycles. The number of aromatic nitrogens is 3. The van der Waals surface area contributed by atoms with Crippen molar-refractivity contribution in [3.05, 3.63) is 5.82 Å². The Balaban J connectivity index is 2.07. The standard InChI is InChI=1S/C11H17N3O2S/c1-7(5-9-3-4-9)14-8(2)12-13-11(14)17-6-10(15)16/h7,9H,3-6H2,1-2H3,(H,15,16). The predicted molar refractivity (Wildman–Crippen MR) is 65.2 cm³/mol. The number of hydrogen-bond donors (Lipinski definition) is 1. The molecular formula is C11H17N3O2S. The highest BCUT2D eigenvalue weighted by Gasteiger charge is 2.26. The van der Waals surface area contributed by atoms with Gasteiger partial charge in [0.2, 0.25) is 0 Å². The molecule has 1 N–H and O–H groups in total. The van der Waals surface area contributed by atoms with E-state index in [9.17, 15) is 4.79 Å². The first-order valence-corrected chi connectivity index (χ1v) is 6.82. The van der Waals surface area contributed by atoms with Crippen LogP contribution in [0.2, 0.25) is 0 Å². The Labute approximate surface area is 105 Å². The van der Waals surface area contributed by atoms with E-state index in [4.69, 9.17) is 5.11 Å². The van der Waals surface area contributed by atoms with E-state index in [0.29, 0.717) is 6.04 Å². The van der Waals surface area contributed by atoms with Gasteiger partial charge in [-0.2, -0.15) is 0 Å². The van der Waals surface area contributed by atoms with Crippen LogP contribution in [-0.2, 0) is 4.79 Å². The zero-order valence-corrected chi connectivity index (χ0v) is 10.9. The Morgan fingerprint density at radius 1 is 1.59 bits per heavy atom. The van der Waals surface area contributed by atoms with Crippen molar-refractivity contribution in [1.82, 2.24) is 14.8 Å². The SMILES string of the molecule is Cc1nnc(SCC(=O)O)n1C(C)CC1CC1. The monoisotopic (exact) mass is 255 g/mol. The average Bonchev–Trinajstić information content (AvgIpc) is 2.97. The van der Waals surface area contributed by atoms with E-state index in [1.165, 1.54) is 24.6 Å². The smallest absolute Gasteiger partial charge is 0.313 e. The molecule has 0 radical (unpaired) electrons. The third kappa shape index (κ3) is 3.21. The van der Waals surface area contributed by atoms with E-state index in [1.54, 1.807) is 0 Å². The van der Waals surface area contributed by atoms with Gasteiger partial charge in [-0.05, 0) is 26.2 Å². The lowest BCUT2D eigenvalue weighted by molar-refractivity contribution is -0.133. The highest BCUT2D eigenvalue weighted by atomic mass is 32.2. The molecule has 0 aliphatic heterocycles. The number of hydrogen-bond acceptors (Lipinski definition) is 4. The molecule has 0 spiro atoms. The van der Waals surface area contributed by atoms with Crippen LogP contribution in [0.25, 0.3) is 0 Å². The summed E-state index contributed by atoms with van der Waals surface area (Å²) < 4.78 is 2.06. The van der Waals surface area contributed by atoms with E-state index in [-0.39, 0.29) is 5.75 Å². The van der Waals surface area contributed by atoms with Gasteiger partial charge in [-0.25, -0.2) is 0 Å². The van der Waals surface area contributed by atoms with Gasteiger partial charge in [-0.1, -0.05) is 24.6 Å². The second-order valence-corrected chi connectivity index (χ2v) is 5.55. The van der Waals surface area contributed by atoms with Crippen LogP contribution in [0.15, 0.2) is 5.16 Å². The Bertz CT molecular complexity index is 415. The van der Waals surface area contributed by atoms with Crippen molar-refractivity contribution < 1.29 is 9.90 Å². The average molecular weight is 255 g/mol. The maximum Gasteiger partial charge on any atom is 0.313 e. The molecule has 6 heteroatoms. The molecule has 17 heavy (non-hydrogen) atoms. The molecule has 0 amide bonds. The summed E-state index contributed by atoms with van der Waals surface area (Å²) >= 11 is 1.24. The predicted octanol–water partition coefficient (Wildman–Crippen LogP) is 2.12. The summed E-state index contributed by atoms with van der Waals surface area (Å²) in [5, 5.41) is 17.5. The Hall–Kier alpha value is -1.04. The Morgan fingerprint density at radius 2 is 2.29 bits per heavy atom. The molecule has 0 saturated heterocycles. The molecule has 1 unspecified atom stereocenters. The van der Waals surface area contributed by atoms with Crippen LogP contribution in [0.3, 0.4) is 0 Å². The molecule has 5 nitrogen and oxygen atoms in total. The van der Waals surface area contributed by atoms with Gasteiger partial charge in [0.25, 0.3) is 0 Å². The summed E-state index contributed by atoms with van der Waals surface area (Å²) in [6, 6.07) is 0.355. The van der Waals surface area contributed by atoms with Gasteiger partial charge in [0.1, 0.15) is 5.82 Å². The number of nitrogens with zero attached hydrogens (tertiary/aromatic N) is 3. The molecule has 1 saturated carbocycles. The van der Waals surface area contributed by atoms with Crippen molar-refractivity contribution in [1.29, 1.82) is 0 Å². The summed E-state index contributed by atoms with van der Waals surface area (Å²) in [6.45, 7) is 4.07. The fourth-order valence-electron chi connectivity index (χ4n) is 2.02. The van der Waals surface area contributed by atoms with Crippen molar-refractivity contribution in [3.8, 4) is 0 Å². The fraction of sp³-hybridized carbons (Fsp3) is 0.727. The molecule has 1 heterocycles. The first-order chi connectivity index (χ1) is 8.08. The fourth-order valence-corrected chi connectivity index (χ4v) is 2.83. The number of carbonyl (C=O) groups is 1. The van der Waals surface area contributed by atoms with E-state index in [0.717, 1.165) is 23.3 Å². The number of aryl methyl sites for hydroxylation is 1. The van der Waals surface area contributed by atoms with Crippen LogP contribution in [0.5, 0.6) is 0 Å². The summed E-state index contributed by atoms with van der Waals surface area (Å²) in [5.41, 5.74) is 0. The summed E-state index contributed by atoms with van der Waals surface area (Å²) in [6.07, 6.45) is 3.78. The number of thioether (sulfide) groups is 1. The third-order valence-electron chi connectivity index (χ3n) is 2.97. The molecule has 94 valence electrons. The zero-order chi connectivity index (χ0) is 12.4. The van der Waals surface area contributed by atoms with Crippen LogP contribution in [0.4, 0.5) is 0 Å². The van der Waals surface area contributed by atoms with Crippen LogP contribution in [0, 0.1) is 12.8 Å². The molecule has 1 aromatic heterocycles. The summed E-state index contributed by atoms with van der Waals surface area (Å²) in [7, 11) is 0. The Kier molecular flexibility index (Phi) is 3.71. The maximum atomic E-state index is 10.6. The van der Waals surface area contributed by atoms with Gasteiger partial charge in [0, 0.05) is 6.04 Å². The molecule has 1 aromatic rings. The number of carboxylic acid groups (broad SMARTS) is 1. The first kappa shape index (κ1) is 12.4. The first-order valence-electron chi connectivity index (χ1n) is 5.84. The molecule has 0 bridgehead atoms. The number of carboxylic acids is 1. The summed E-state index contributed by atoms with van der Waals surface area (Å²) in [5.74, 6) is 0.918. The maximum absolute atomic E-state index is 10.6. The molecule has 1 aliphatic rings. The Morgan fingerprint density at radius 3 is 2.88 bits per heavy atom. The van der Waals surface area contributed by atoms with Crippen molar-refractivity contribution in [2.45, 2.75) is 44.3 Å². The topological polar surface area (TPSA) is 68.0 Å². The van der Waals surface area contributed by atoms with Crippen molar-refractivity contribution in [3.63, 3.8) is 0 Å². The second-order valence-electron chi connectivity index (χ2n) is 4.61. The molecule has 1 fully saturated rings. The van der Waals surface area contributed by atoms with Crippen molar-refractivity contribution in [2.24, 2.45) is 5.92 Å². The minimum absolute atomic E-state index is 0.0360. The number of rotatable bonds is 6. The molecule has 2 rings (SSSR count). The van der Waals surface area contributed by atoms with Gasteiger partial charge in [0.15, 0.2) is 5.16 Å². The van der Waals surface area contributed by atoms with Crippen LogP contribution >= 0.6 is 11.8 Å². The van der Waals surface area contributed by atoms with E-state index in [2.05, 4.69) is 21.7 Å². The minimum atomic E-state index is -0.822. The summed E-state index contributed by atoms with van der Waals surface area (Å²) in [4.78, 5) is 10.6. The van der Waals surface area contributed by atoms with Crippen LogP contribution in [0.1, 0.15) is 38.1 Å². The van der Waals surface area contributed by atoms with E-state index in [1.807, 2.05) is 6.92 Å².